The van der Waals surface area contributed by atoms with Gasteiger partial charge in [0.2, 0.25) is 0 Å². The summed E-state index contributed by atoms with van der Waals surface area (Å²) in [7, 11) is 0. The van der Waals surface area contributed by atoms with Crippen molar-refractivity contribution in [1.82, 2.24) is 0 Å². The largest absolute Gasteiger partial charge is 0.490 e. The Morgan fingerprint density at radius 1 is 0.903 bits per heavy atom. The molecule has 0 aliphatic rings. The van der Waals surface area contributed by atoms with Gasteiger partial charge in [-0.2, -0.15) is 0 Å². The van der Waals surface area contributed by atoms with Gasteiger partial charge in [-0.05, 0) is 61.4 Å². The molecule has 0 aliphatic carbocycles. The molecular formula is C25H26BrNO4. The van der Waals surface area contributed by atoms with Crippen molar-refractivity contribution >= 4 is 27.6 Å². The highest BCUT2D eigenvalue weighted by atomic mass is 79.9. The van der Waals surface area contributed by atoms with Crippen LogP contribution in [-0.2, 0) is 17.9 Å². The second kappa shape index (κ2) is 11.4. The van der Waals surface area contributed by atoms with E-state index >= 15 is 0 Å². The molecular weight excluding hydrogens is 458 g/mol. The number of esters is 1. The highest BCUT2D eigenvalue weighted by Gasteiger charge is 2.12. The molecule has 162 valence electrons. The topological polar surface area (TPSA) is 56.8 Å². The number of halogens is 1. The molecule has 0 aliphatic heterocycles. The molecule has 3 aromatic rings. The Kier molecular flexibility index (Phi) is 8.35. The minimum Gasteiger partial charge on any atom is -0.490 e. The third kappa shape index (κ3) is 6.49. The minimum absolute atomic E-state index is 0.316. The van der Waals surface area contributed by atoms with Crippen LogP contribution in [0.4, 0.5) is 5.69 Å². The van der Waals surface area contributed by atoms with E-state index < -0.39 is 0 Å². The molecule has 0 amide bonds. The van der Waals surface area contributed by atoms with Crippen molar-refractivity contribution in [3.63, 3.8) is 0 Å². The molecule has 0 saturated heterocycles. The van der Waals surface area contributed by atoms with E-state index in [1.165, 1.54) is 0 Å². The Labute approximate surface area is 191 Å². The van der Waals surface area contributed by atoms with E-state index in [2.05, 4.69) is 21.2 Å². The number of hydrogen-bond acceptors (Lipinski definition) is 5. The van der Waals surface area contributed by atoms with Crippen molar-refractivity contribution in [2.24, 2.45) is 0 Å². The van der Waals surface area contributed by atoms with Crippen LogP contribution in [0.15, 0.2) is 71.2 Å². The van der Waals surface area contributed by atoms with Crippen LogP contribution in [0.3, 0.4) is 0 Å². The van der Waals surface area contributed by atoms with Gasteiger partial charge in [0.1, 0.15) is 6.61 Å². The van der Waals surface area contributed by atoms with Crippen LogP contribution in [0.1, 0.15) is 35.3 Å². The van der Waals surface area contributed by atoms with Crippen molar-refractivity contribution < 1.29 is 19.0 Å². The molecule has 0 saturated carbocycles. The number of carbonyl (C=O) groups is 1. The van der Waals surface area contributed by atoms with E-state index in [1.807, 2.05) is 61.5 Å². The lowest BCUT2D eigenvalue weighted by Crippen LogP contribution is -2.06. The van der Waals surface area contributed by atoms with Crippen molar-refractivity contribution in [3.05, 3.63) is 87.9 Å². The fourth-order valence-corrected chi connectivity index (χ4v) is 3.43. The summed E-state index contributed by atoms with van der Waals surface area (Å²) in [4.78, 5) is 11.8. The molecule has 0 spiro atoms. The van der Waals surface area contributed by atoms with Crippen molar-refractivity contribution in [1.29, 1.82) is 0 Å². The second-order valence-corrected chi connectivity index (χ2v) is 7.60. The molecule has 3 rings (SSSR count). The number of ether oxygens (including phenoxy) is 3. The zero-order chi connectivity index (χ0) is 22.1. The van der Waals surface area contributed by atoms with Gasteiger partial charge >= 0.3 is 5.97 Å². The molecule has 1 N–H and O–H groups in total. The van der Waals surface area contributed by atoms with Gasteiger partial charge in [0.05, 0.1) is 18.8 Å². The monoisotopic (exact) mass is 483 g/mol. The van der Waals surface area contributed by atoms with Crippen LogP contribution in [0.2, 0.25) is 0 Å². The summed E-state index contributed by atoms with van der Waals surface area (Å²) < 4.78 is 17.8. The molecule has 0 bridgehead atoms. The van der Waals surface area contributed by atoms with E-state index in [9.17, 15) is 4.79 Å². The third-order valence-electron chi connectivity index (χ3n) is 4.53. The third-order valence-corrected chi connectivity index (χ3v) is 5.27. The van der Waals surface area contributed by atoms with Crippen LogP contribution in [0.25, 0.3) is 0 Å². The number of benzene rings is 3. The van der Waals surface area contributed by atoms with E-state index in [0.29, 0.717) is 43.4 Å². The van der Waals surface area contributed by atoms with Crippen molar-refractivity contribution in [2.75, 3.05) is 18.5 Å². The van der Waals surface area contributed by atoms with E-state index in [0.717, 1.165) is 21.3 Å². The zero-order valence-corrected chi connectivity index (χ0v) is 19.3. The first kappa shape index (κ1) is 22.7. The lowest BCUT2D eigenvalue weighted by molar-refractivity contribution is 0.0526. The fourth-order valence-electron chi connectivity index (χ4n) is 2.97. The standard InChI is InChI=1S/C25H26BrNO4/c1-3-29-23-14-20(16-27-21-12-10-19(11-13-21)25(28)30-4-2)22(26)15-24(23)31-17-18-8-6-5-7-9-18/h5-15,27H,3-4,16-17H2,1-2H3. The number of hydrogen-bond donors (Lipinski definition) is 1. The molecule has 0 radical (unpaired) electrons. The van der Waals surface area contributed by atoms with E-state index in [4.69, 9.17) is 14.2 Å². The summed E-state index contributed by atoms with van der Waals surface area (Å²) in [5, 5.41) is 3.37. The maximum atomic E-state index is 11.8. The summed E-state index contributed by atoms with van der Waals surface area (Å²) in [5.74, 6) is 1.08. The molecule has 0 atom stereocenters. The number of carbonyl (C=O) groups excluding carboxylic acids is 1. The molecule has 0 aromatic heterocycles. The average molecular weight is 484 g/mol. The normalized spacial score (nSPS) is 10.4. The van der Waals surface area contributed by atoms with Gasteiger partial charge in [0, 0.05) is 16.7 Å². The van der Waals surface area contributed by atoms with Crippen LogP contribution in [0.5, 0.6) is 11.5 Å². The molecule has 5 nitrogen and oxygen atoms in total. The van der Waals surface area contributed by atoms with Crippen molar-refractivity contribution in [2.45, 2.75) is 27.0 Å². The maximum Gasteiger partial charge on any atom is 0.338 e. The van der Waals surface area contributed by atoms with Crippen LogP contribution < -0.4 is 14.8 Å². The Balaban J connectivity index is 1.68. The van der Waals surface area contributed by atoms with E-state index in [-0.39, 0.29) is 5.97 Å². The number of rotatable bonds is 10. The van der Waals surface area contributed by atoms with Gasteiger partial charge in [-0.15, -0.1) is 0 Å². The van der Waals surface area contributed by atoms with Gasteiger partial charge < -0.3 is 19.5 Å². The summed E-state index contributed by atoms with van der Waals surface area (Å²) in [6.45, 7) is 5.70. The smallest absolute Gasteiger partial charge is 0.338 e. The quantitative estimate of drug-likeness (QED) is 0.347. The Morgan fingerprint density at radius 2 is 1.61 bits per heavy atom. The van der Waals surface area contributed by atoms with Gasteiger partial charge in [-0.3, -0.25) is 0 Å². The lowest BCUT2D eigenvalue weighted by atomic mass is 10.1. The number of anilines is 1. The molecule has 3 aromatic carbocycles. The maximum absolute atomic E-state index is 11.8. The summed E-state index contributed by atoms with van der Waals surface area (Å²) in [6.07, 6.45) is 0. The SMILES string of the molecule is CCOC(=O)c1ccc(NCc2cc(OCC)c(OCc3ccccc3)cc2Br)cc1. The molecule has 0 heterocycles. The lowest BCUT2D eigenvalue weighted by Gasteiger charge is -2.16. The predicted molar refractivity (Wildman–Crippen MR) is 126 cm³/mol. The van der Waals surface area contributed by atoms with Crippen LogP contribution in [0, 0.1) is 0 Å². The van der Waals surface area contributed by atoms with Gasteiger partial charge in [0.15, 0.2) is 11.5 Å². The Bertz CT molecular complexity index is 990. The van der Waals surface area contributed by atoms with Crippen molar-refractivity contribution in [3.8, 4) is 11.5 Å². The summed E-state index contributed by atoms with van der Waals surface area (Å²) >= 11 is 3.64. The van der Waals surface area contributed by atoms with Gasteiger partial charge in [-0.1, -0.05) is 46.3 Å². The van der Waals surface area contributed by atoms with E-state index in [1.54, 1.807) is 19.1 Å². The first-order valence-corrected chi connectivity index (χ1v) is 11.0. The highest BCUT2D eigenvalue weighted by Crippen LogP contribution is 2.35. The van der Waals surface area contributed by atoms with Gasteiger partial charge in [-0.25, -0.2) is 4.79 Å². The summed E-state index contributed by atoms with van der Waals surface area (Å²) in [6, 6.07) is 21.2. The second-order valence-electron chi connectivity index (χ2n) is 6.75. The first-order chi connectivity index (χ1) is 15.1. The molecule has 0 fully saturated rings. The molecule has 0 unspecified atom stereocenters. The Hall–Kier alpha value is -2.99. The fraction of sp³-hybridized carbons (Fsp3) is 0.240. The molecule has 31 heavy (non-hydrogen) atoms. The van der Waals surface area contributed by atoms with Gasteiger partial charge in [0.25, 0.3) is 0 Å². The minimum atomic E-state index is -0.316. The predicted octanol–water partition coefficient (Wildman–Crippen LogP) is 6.22. The summed E-state index contributed by atoms with van der Waals surface area (Å²) in [5.41, 5.74) is 3.57. The van der Waals surface area contributed by atoms with Crippen LogP contribution in [-0.4, -0.2) is 19.2 Å². The molecule has 6 heteroatoms. The Morgan fingerprint density at radius 3 is 2.29 bits per heavy atom. The zero-order valence-electron chi connectivity index (χ0n) is 17.7. The highest BCUT2D eigenvalue weighted by molar-refractivity contribution is 9.10. The van der Waals surface area contributed by atoms with Crippen LogP contribution >= 0.6 is 15.9 Å². The first-order valence-electron chi connectivity index (χ1n) is 10.2. The average Bonchev–Trinajstić information content (AvgIpc) is 2.79. The number of nitrogens with one attached hydrogen (secondary N) is 1.